The number of nitrogens with zero attached hydrogens (tertiary/aromatic N) is 1. The van der Waals surface area contributed by atoms with Crippen LogP contribution in [0.2, 0.25) is 0 Å². The molecule has 0 aliphatic carbocycles. The highest BCUT2D eigenvalue weighted by Crippen LogP contribution is 2.27. The van der Waals surface area contributed by atoms with E-state index in [1.165, 1.54) is 0 Å². The molecule has 5 heteroatoms. The molecule has 0 spiro atoms. The Bertz CT molecular complexity index is 271. The fourth-order valence-electron chi connectivity index (χ4n) is 2.84. The van der Waals surface area contributed by atoms with Gasteiger partial charge in [0, 0.05) is 19.6 Å². The van der Waals surface area contributed by atoms with Gasteiger partial charge < -0.3 is 16.2 Å². The molecule has 18 heavy (non-hydrogen) atoms. The molecule has 1 heterocycles. The van der Waals surface area contributed by atoms with Gasteiger partial charge in [-0.15, -0.1) is 0 Å². The van der Waals surface area contributed by atoms with E-state index < -0.39 is 11.8 Å². The number of carbonyl (C=O) groups excluding carboxylic acids is 1. The number of piperazine rings is 1. The Balaban J connectivity index is 2.87. The van der Waals surface area contributed by atoms with E-state index in [4.69, 9.17) is 5.73 Å². The minimum absolute atomic E-state index is 0.0340. The summed E-state index contributed by atoms with van der Waals surface area (Å²) in [6.07, 6.45) is 3.38. The van der Waals surface area contributed by atoms with Crippen molar-refractivity contribution < 1.29 is 9.90 Å². The molecule has 1 aliphatic rings. The summed E-state index contributed by atoms with van der Waals surface area (Å²) in [4.78, 5) is 14.2. The molecule has 0 bridgehead atoms. The number of rotatable bonds is 7. The van der Waals surface area contributed by atoms with Crippen molar-refractivity contribution in [3.63, 3.8) is 0 Å². The molecule has 4 N–H and O–H groups in total. The fraction of sp³-hybridized carbons (Fsp3) is 0.923. The Morgan fingerprint density at radius 2 is 2.28 bits per heavy atom. The molecule has 0 aromatic rings. The van der Waals surface area contributed by atoms with Crippen molar-refractivity contribution in [1.29, 1.82) is 0 Å². The van der Waals surface area contributed by atoms with E-state index in [0.29, 0.717) is 13.1 Å². The van der Waals surface area contributed by atoms with E-state index in [1.54, 1.807) is 6.92 Å². The van der Waals surface area contributed by atoms with Gasteiger partial charge in [-0.05, 0) is 13.3 Å². The first-order valence-electron chi connectivity index (χ1n) is 6.97. The van der Waals surface area contributed by atoms with Crippen molar-refractivity contribution in [2.24, 2.45) is 5.73 Å². The lowest BCUT2D eigenvalue weighted by molar-refractivity contribution is -0.142. The highest BCUT2D eigenvalue weighted by atomic mass is 16.3. The van der Waals surface area contributed by atoms with E-state index in [1.807, 2.05) is 4.90 Å². The lowest BCUT2D eigenvalue weighted by atomic mass is 9.83. The maximum Gasteiger partial charge on any atom is 0.167 e. The molecule has 1 rings (SSSR count). The van der Waals surface area contributed by atoms with E-state index in [9.17, 15) is 9.90 Å². The smallest absolute Gasteiger partial charge is 0.167 e. The third kappa shape index (κ3) is 3.29. The molecular weight excluding hydrogens is 230 g/mol. The van der Waals surface area contributed by atoms with Crippen molar-refractivity contribution >= 4 is 5.78 Å². The SMILES string of the molecule is CCCCCC1(C(=O)CN)CNCCN1C(C)O. The van der Waals surface area contributed by atoms with Crippen LogP contribution in [0.15, 0.2) is 0 Å². The molecular formula is C13H27N3O2. The molecule has 2 unspecified atom stereocenters. The number of unbranched alkanes of at least 4 members (excludes halogenated alkanes) is 2. The zero-order valence-corrected chi connectivity index (χ0v) is 11.6. The topological polar surface area (TPSA) is 78.6 Å². The first kappa shape index (κ1) is 15.6. The highest BCUT2D eigenvalue weighted by molar-refractivity contribution is 5.90. The second-order valence-electron chi connectivity index (χ2n) is 5.12. The molecule has 0 radical (unpaired) electrons. The Morgan fingerprint density at radius 3 is 2.83 bits per heavy atom. The average Bonchev–Trinajstić information content (AvgIpc) is 2.38. The van der Waals surface area contributed by atoms with E-state index in [-0.39, 0.29) is 12.3 Å². The second kappa shape index (κ2) is 7.19. The third-order valence-corrected chi connectivity index (χ3v) is 3.85. The summed E-state index contributed by atoms with van der Waals surface area (Å²) in [6.45, 7) is 6.00. The van der Waals surface area contributed by atoms with E-state index in [0.717, 1.165) is 32.2 Å². The van der Waals surface area contributed by atoms with Gasteiger partial charge in [0.1, 0.15) is 6.23 Å². The largest absolute Gasteiger partial charge is 0.379 e. The van der Waals surface area contributed by atoms with E-state index in [2.05, 4.69) is 12.2 Å². The van der Waals surface area contributed by atoms with Crippen LogP contribution in [-0.2, 0) is 4.79 Å². The van der Waals surface area contributed by atoms with Crippen LogP contribution in [0, 0.1) is 0 Å². The Kier molecular flexibility index (Phi) is 6.21. The summed E-state index contributed by atoms with van der Waals surface area (Å²) in [5.74, 6) is 0.0340. The molecule has 1 fully saturated rings. The minimum atomic E-state index is -0.615. The number of nitrogens with one attached hydrogen (secondary N) is 1. The van der Waals surface area contributed by atoms with Gasteiger partial charge in [0.15, 0.2) is 5.78 Å². The van der Waals surface area contributed by atoms with Gasteiger partial charge in [-0.1, -0.05) is 26.2 Å². The number of aliphatic hydroxyl groups excluding tert-OH is 1. The van der Waals surface area contributed by atoms with Crippen molar-refractivity contribution in [3.8, 4) is 0 Å². The van der Waals surface area contributed by atoms with Crippen molar-refractivity contribution in [2.45, 2.75) is 51.3 Å². The number of carbonyl (C=O) groups is 1. The van der Waals surface area contributed by atoms with Crippen LogP contribution in [0.25, 0.3) is 0 Å². The lowest BCUT2D eigenvalue weighted by Gasteiger charge is -2.47. The molecule has 0 saturated carbocycles. The molecule has 2 atom stereocenters. The average molecular weight is 257 g/mol. The van der Waals surface area contributed by atoms with Gasteiger partial charge in [-0.2, -0.15) is 0 Å². The van der Waals surface area contributed by atoms with Crippen molar-refractivity contribution in [1.82, 2.24) is 10.2 Å². The first-order valence-corrected chi connectivity index (χ1v) is 6.97. The van der Waals surface area contributed by atoms with Gasteiger partial charge in [0.2, 0.25) is 0 Å². The molecule has 1 saturated heterocycles. The van der Waals surface area contributed by atoms with Crippen LogP contribution >= 0.6 is 0 Å². The van der Waals surface area contributed by atoms with Crippen LogP contribution in [0.4, 0.5) is 0 Å². The van der Waals surface area contributed by atoms with Gasteiger partial charge in [0.05, 0.1) is 12.1 Å². The molecule has 106 valence electrons. The molecule has 5 nitrogen and oxygen atoms in total. The normalized spacial score (nSPS) is 27.1. The van der Waals surface area contributed by atoms with E-state index >= 15 is 0 Å². The van der Waals surface area contributed by atoms with Crippen LogP contribution in [0.5, 0.6) is 0 Å². The van der Waals surface area contributed by atoms with Gasteiger partial charge in [0.25, 0.3) is 0 Å². The van der Waals surface area contributed by atoms with Crippen LogP contribution in [-0.4, -0.2) is 53.7 Å². The zero-order chi connectivity index (χ0) is 13.6. The van der Waals surface area contributed by atoms with Crippen LogP contribution < -0.4 is 11.1 Å². The molecule has 0 amide bonds. The summed E-state index contributed by atoms with van der Waals surface area (Å²) < 4.78 is 0. The minimum Gasteiger partial charge on any atom is -0.379 e. The Morgan fingerprint density at radius 1 is 1.56 bits per heavy atom. The summed E-state index contributed by atoms with van der Waals surface area (Å²) in [6, 6.07) is 0. The first-order chi connectivity index (χ1) is 8.58. The summed E-state index contributed by atoms with van der Waals surface area (Å²) in [5.41, 5.74) is 4.95. The molecule has 0 aromatic carbocycles. The molecule has 1 aliphatic heterocycles. The Labute approximate surface area is 110 Å². The van der Waals surface area contributed by atoms with Gasteiger partial charge in [-0.25, -0.2) is 0 Å². The number of ketones is 1. The summed E-state index contributed by atoms with van der Waals surface area (Å²) in [5, 5.41) is 13.2. The lowest BCUT2D eigenvalue weighted by Crippen LogP contribution is -2.68. The third-order valence-electron chi connectivity index (χ3n) is 3.85. The van der Waals surface area contributed by atoms with Gasteiger partial charge >= 0.3 is 0 Å². The monoisotopic (exact) mass is 257 g/mol. The number of aliphatic hydroxyl groups is 1. The standard InChI is InChI=1S/C13H27N3O2/c1-3-4-5-6-13(12(18)9-14)10-15-7-8-16(13)11(2)17/h11,15,17H,3-10,14H2,1-2H3. The fourth-order valence-corrected chi connectivity index (χ4v) is 2.84. The van der Waals surface area contributed by atoms with Crippen molar-refractivity contribution in [2.75, 3.05) is 26.2 Å². The zero-order valence-electron chi connectivity index (χ0n) is 11.6. The predicted molar refractivity (Wildman–Crippen MR) is 72.2 cm³/mol. The van der Waals surface area contributed by atoms with Crippen molar-refractivity contribution in [3.05, 3.63) is 0 Å². The number of nitrogens with two attached hydrogens (primary N) is 1. The van der Waals surface area contributed by atoms with Crippen LogP contribution in [0.1, 0.15) is 39.5 Å². The number of Topliss-reactive ketones (excluding diaryl/α,β-unsaturated/α-hetero) is 1. The second-order valence-corrected chi connectivity index (χ2v) is 5.12. The quantitative estimate of drug-likeness (QED) is 0.563. The molecule has 0 aromatic heterocycles. The maximum absolute atomic E-state index is 12.3. The van der Waals surface area contributed by atoms with Gasteiger partial charge in [-0.3, -0.25) is 9.69 Å². The highest BCUT2D eigenvalue weighted by Gasteiger charge is 2.45. The summed E-state index contributed by atoms with van der Waals surface area (Å²) >= 11 is 0. The Hall–Kier alpha value is -0.490. The van der Waals surface area contributed by atoms with Crippen LogP contribution in [0.3, 0.4) is 0 Å². The summed E-state index contributed by atoms with van der Waals surface area (Å²) in [7, 11) is 0. The predicted octanol–water partition coefficient (Wildman–Crippen LogP) is 0.0768. The number of hydrogen-bond acceptors (Lipinski definition) is 5. The number of hydrogen-bond donors (Lipinski definition) is 3. The maximum atomic E-state index is 12.3.